The van der Waals surface area contributed by atoms with Crippen LogP contribution in [0.15, 0.2) is 22.8 Å². The van der Waals surface area contributed by atoms with Gasteiger partial charge in [0.05, 0.1) is 0 Å². The Kier molecular flexibility index (Phi) is 5.54. The third-order valence-electron chi connectivity index (χ3n) is 4.01. The van der Waals surface area contributed by atoms with Crippen LogP contribution >= 0.6 is 15.9 Å². The molecule has 1 aliphatic rings. The van der Waals surface area contributed by atoms with Crippen LogP contribution in [0, 0.1) is 0 Å². The highest BCUT2D eigenvalue weighted by Crippen LogP contribution is 2.18. The molecule has 1 amide bonds. The molecule has 0 aromatic carbocycles. The summed E-state index contributed by atoms with van der Waals surface area (Å²) >= 11 is 3.31. The van der Waals surface area contributed by atoms with Crippen molar-refractivity contribution in [3.05, 3.63) is 28.5 Å². The number of carbonyl (C=O) groups is 1. The van der Waals surface area contributed by atoms with Gasteiger partial charge < -0.3 is 9.80 Å². The molecule has 5 heteroatoms. The summed E-state index contributed by atoms with van der Waals surface area (Å²) < 4.78 is 0.710. The second kappa shape index (κ2) is 7.18. The lowest BCUT2D eigenvalue weighted by atomic mass is 10.0. The maximum Gasteiger partial charge on any atom is 0.272 e. The van der Waals surface area contributed by atoms with Gasteiger partial charge in [-0.1, -0.05) is 19.9 Å². The van der Waals surface area contributed by atoms with Crippen LogP contribution in [0.1, 0.15) is 37.2 Å². The topological polar surface area (TPSA) is 36.4 Å². The van der Waals surface area contributed by atoms with Gasteiger partial charge in [-0.3, -0.25) is 4.79 Å². The number of carbonyl (C=O) groups excluding carboxylic acids is 1. The average Bonchev–Trinajstić information content (AvgIpc) is 2.48. The summed E-state index contributed by atoms with van der Waals surface area (Å²) in [5.41, 5.74) is 0.528. The molecule has 0 radical (unpaired) electrons. The second-order valence-electron chi connectivity index (χ2n) is 5.09. The van der Waals surface area contributed by atoms with Crippen LogP contribution in [0.5, 0.6) is 0 Å². The summed E-state index contributed by atoms with van der Waals surface area (Å²) in [5, 5.41) is 0. The van der Waals surface area contributed by atoms with Gasteiger partial charge >= 0.3 is 0 Å². The van der Waals surface area contributed by atoms with Crippen LogP contribution in [0.2, 0.25) is 0 Å². The van der Waals surface area contributed by atoms with E-state index in [4.69, 9.17) is 0 Å². The van der Waals surface area contributed by atoms with Gasteiger partial charge in [-0.2, -0.15) is 0 Å². The van der Waals surface area contributed by atoms with Crippen LogP contribution in [-0.2, 0) is 0 Å². The maximum atomic E-state index is 12.4. The van der Waals surface area contributed by atoms with Gasteiger partial charge in [0.1, 0.15) is 10.3 Å². The number of pyridine rings is 1. The van der Waals surface area contributed by atoms with Crippen LogP contribution in [0.3, 0.4) is 0 Å². The maximum absolute atomic E-state index is 12.4. The van der Waals surface area contributed by atoms with Gasteiger partial charge in [-0.05, 0) is 54.0 Å². The molecule has 0 aliphatic carbocycles. The third kappa shape index (κ3) is 3.58. The standard InChI is InChI=1S/C15H22BrN3O/c1-3-18(4-2)12-8-10-19(11-9-12)15(20)13-6-5-7-14(16)17-13/h5-7,12H,3-4,8-11H2,1-2H3. The first-order chi connectivity index (χ1) is 9.65. The van der Waals surface area contributed by atoms with Crippen molar-refractivity contribution < 1.29 is 4.79 Å². The fourth-order valence-corrected chi connectivity index (χ4v) is 3.21. The molecule has 1 aromatic rings. The molecule has 1 aromatic heterocycles. The monoisotopic (exact) mass is 339 g/mol. The zero-order valence-corrected chi connectivity index (χ0v) is 13.8. The molecular formula is C15H22BrN3O. The molecular weight excluding hydrogens is 318 g/mol. The predicted octanol–water partition coefficient (Wildman–Crippen LogP) is 2.79. The first-order valence-corrected chi connectivity index (χ1v) is 8.10. The Bertz CT molecular complexity index is 454. The Morgan fingerprint density at radius 1 is 1.35 bits per heavy atom. The fraction of sp³-hybridized carbons (Fsp3) is 0.600. The normalized spacial score (nSPS) is 16.7. The molecule has 0 N–H and O–H groups in total. The molecule has 20 heavy (non-hydrogen) atoms. The van der Waals surface area contributed by atoms with Gasteiger partial charge in [-0.15, -0.1) is 0 Å². The van der Waals surface area contributed by atoms with Gasteiger partial charge in [0.15, 0.2) is 0 Å². The van der Waals surface area contributed by atoms with Crippen LogP contribution in [-0.4, -0.2) is 52.9 Å². The minimum atomic E-state index is 0.0456. The van der Waals surface area contributed by atoms with Crippen molar-refractivity contribution in [3.63, 3.8) is 0 Å². The molecule has 2 rings (SSSR count). The van der Waals surface area contributed by atoms with E-state index in [0.29, 0.717) is 16.3 Å². The van der Waals surface area contributed by atoms with Crippen molar-refractivity contribution in [1.82, 2.24) is 14.8 Å². The number of nitrogens with zero attached hydrogens (tertiary/aromatic N) is 3. The van der Waals surface area contributed by atoms with E-state index in [9.17, 15) is 4.79 Å². The molecule has 0 atom stereocenters. The van der Waals surface area contributed by atoms with Crippen LogP contribution in [0.4, 0.5) is 0 Å². The molecule has 0 saturated carbocycles. The van der Waals surface area contributed by atoms with E-state index in [1.165, 1.54) is 0 Å². The summed E-state index contributed by atoms with van der Waals surface area (Å²) in [7, 11) is 0. The first kappa shape index (κ1) is 15.4. The fourth-order valence-electron chi connectivity index (χ4n) is 2.86. The number of halogens is 1. The van der Waals surface area contributed by atoms with Crippen molar-refractivity contribution in [2.24, 2.45) is 0 Å². The number of hydrogen-bond acceptors (Lipinski definition) is 3. The van der Waals surface area contributed by atoms with Crippen molar-refractivity contribution in [3.8, 4) is 0 Å². The largest absolute Gasteiger partial charge is 0.337 e. The predicted molar refractivity (Wildman–Crippen MR) is 83.8 cm³/mol. The number of amides is 1. The summed E-state index contributed by atoms with van der Waals surface area (Å²) in [5.74, 6) is 0.0456. The summed E-state index contributed by atoms with van der Waals surface area (Å²) in [6.45, 7) is 8.23. The second-order valence-corrected chi connectivity index (χ2v) is 5.90. The van der Waals surface area contributed by atoms with Crippen LogP contribution in [0.25, 0.3) is 0 Å². The Morgan fingerprint density at radius 2 is 2.00 bits per heavy atom. The molecule has 0 unspecified atom stereocenters. The Balaban J connectivity index is 1.95. The number of piperidine rings is 1. The van der Waals surface area contributed by atoms with Gasteiger partial charge in [0.25, 0.3) is 5.91 Å². The Labute approximate surface area is 129 Å². The molecule has 0 spiro atoms. The summed E-state index contributed by atoms with van der Waals surface area (Å²) in [6.07, 6.45) is 2.11. The minimum Gasteiger partial charge on any atom is -0.337 e. The molecule has 1 fully saturated rings. The lowest BCUT2D eigenvalue weighted by molar-refractivity contribution is 0.0625. The van der Waals surface area contributed by atoms with E-state index < -0.39 is 0 Å². The zero-order chi connectivity index (χ0) is 14.5. The SMILES string of the molecule is CCN(CC)C1CCN(C(=O)c2cccc(Br)n2)CC1. The minimum absolute atomic E-state index is 0.0456. The number of rotatable bonds is 4. The highest BCUT2D eigenvalue weighted by Gasteiger charge is 2.26. The molecule has 1 aliphatic heterocycles. The molecule has 1 saturated heterocycles. The average molecular weight is 340 g/mol. The lowest BCUT2D eigenvalue weighted by Crippen LogP contribution is -2.46. The van der Waals surface area contributed by atoms with Crippen LogP contribution < -0.4 is 0 Å². The Hall–Kier alpha value is -0.940. The third-order valence-corrected chi connectivity index (χ3v) is 4.46. The zero-order valence-electron chi connectivity index (χ0n) is 12.2. The number of likely N-dealkylation sites (tertiary alicyclic amines) is 1. The van der Waals surface area contributed by atoms with E-state index in [2.05, 4.69) is 39.7 Å². The van der Waals surface area contributed by atoms with Gasteiger partial charge in [0.2, 0.25) is 0 Å². The molecule has 110 valence electrons. The smallest absolute Gasteiger partial charge is 0.272 e. The molecule has 0 bridgehead atoms. The number of hydrogen-bond donors (Lipinski definition) is 0. The van der Waals surface area contributed by atoms with Gasteiger partial charge in [-0.25, -0.2) is 4.98 Å². The molecule has 4 nitrogen and oxygen atoms in total. The highest BCUT2D eigenvalue weighted by molar-refractivity contribution is 9.10. The van der Waals surface area contributed by atoms with Crippen molar-refractivity contribution in [2.45, 2.75) is 32.7 Å². The lowest BCUT2D eigenvalue weighted by Gasteiger charge is -2.37. The quantitative estimate of drug-likeness (QED) is 0.791. The first-order valence-electron chi connectivity index (χ1n) is 7.31. The van der Waals surface area contributed by atoms with Gasteiger partial charge in [0, 0.05) is 19.1 Å². The van der Waals surface area contributed by atoms with Crippen molar-refractivity contribution >= 4 is 21.8 Å². The highest BCUT2D eigenvalue weighted by atomic mass is 79.9. The molecule has 2 heterocycles. The van der Waals surface area contributed by atoms with Crippen molar-refractivity contribution in [2.75, 3.05) is 26.2 Å². The van der Waals surface area contributed by atoms with E-state index in [1.807, 2.05) is 17.0 Å². The van der Waals surface area contributed by atoms with E-state index in [-0.39, 0.29) is 5.91 Å². The summed E-state index contributed by atoms with van der Waals surface area (Å²) in [4.78, 5) is 21.1. The number of aromatic nitrogens is 1. The van der Waals surface area contributed by atoms with Crippen molar-refractivity contribution in [1.29, 1.82) is 0 Å². The van der Waals surface area contributed by atoms with E-state index in [0.717, 1.165) is 39.0 Å². The Morgan fingerprint density at radius 3 is 2.55 bits per heavy atom. The summed E-state index contributed by atoms with van der Waals surface area (Å²) in [6, 6.07) is 6.09. The van der Waals surface area contributed by atoms with E-state index >= 15 is 0 Å². The van der Waals surface area contributed by atoms with E-state index in [1.54, 1.807) is 6.07 Å².